The maximum Gasteiger partial charge on any atom is 0.0300 e. The molecule has 1 aromatic rings. The van der Waals surface area contributed by atoms with Crippen LogP contribution in [0, 0.1) is 5.92 Å². The van der Waals surface area contributed by atoms with Gasteiger partial charge in [0.2, 0.25) is 0 Å². The zero-order valence-corrected chi connectivity index (χ0v) is 10.5. The van der Waals surface area contributed by atoms with Crippen molar-refractivity contribution in [3.8, 4) is 0 Å². The van der Waals surface area contributed by atoms with Crippen LogP contribution in [0.2, 0.25) is 0 Å². The Morgan fingerprint density at radius 2 is 2.38 bits per heavy atom. The van der Waals surface area contributed by atoms with Crippen molar-refractivity contribution in [2.24, 2.45) is 5.92 Å². The van der Waals surface area contributed by atoms with Gasteiger partial charge in [0.25, 0.3) is 0 Å². The Bertz CT molecular complexity index is 247. The van der Waals surface area contributed by atoms with Crippen molar-refractivity contribution < 1.29 is 0 Å². The standard InChI is InChI=1S/C10H16BrNS/c1-3-8(2)5-12-6-10-4-9(11)7-13-10/h4,7-8,12H,3,5-6H2,1-2H3/t8-/m0/s1. The third kappa shape index (κ3) is 4.25. The summed E-state index contributed by atoms with van der Waals surface area (Å²) in [5, 5.41) is 5.58. The third-order valence-electron chi connectivity index (χ3n) is 2.11. The van der Waals surface area contributed by atoms with Crippen LogP contribution < -0.4 is 5.32 Å². The smallest absolute Gasteiger partial charge is 0.0300 e. The average Bonchev–Trinajstić information content (AvgIpc) is 2.51. The molecule has 0 aliphatic heterocycles. The van der Waals surface area contributed by atoms with Crippen molar-refractivity contribution in [3.63, 3.8) is 0 Å². The van der Waals surface area contributed by atoms with Gasteiger partial charge < -0.3 is 5.32 Å². The van der Waals surface area contributed by atoms with Crippen LogP contribution in [-0.4, -0.2) is 6.54 Å². The summed E-state index contributed by atoms with van der Waals surface area (Å²) in [6.45, 7) is 6.62. The van der Waals surface area contributed by atoms with E-state index in [9.17, 15) is 0 Å². The molecular formula is C10H16BrNS. The van der Waals surface area contributed by atoms with Gasteiger partial charge in [-0.05, 0) is 34.5 Å². The summed E-state index contributed by atoms with van der Waals surface area (Å²) in [6, 6.07) is 2.17. The number of halogens is 1. The van der Waals surface area contributed by atoms with Crippen LogP contribution in [0.5, 0.6) is 0 Å². The summed E-state index contributed by atoms with van der Waals surface area (Å²) in [5.74, 6) is 0.781. The molecule has 74 valence electrons. The molecule has 1 N–H and O–H groups in total. The molecule has 0 saturated heterocycles. The maximum absolute atomic E-state index is 3.46. The summed E-state index contributed by atoms with van der Waals surface area (Å²) >= 11 is 5.25. The summed E-state index contributed by atoms with van der Waals surface area (Å²) in [5.41, 5.74) is 0. The molecule has 0 aliphatic rings. The van der Waals surface area contributed by atoms with Gasteiger partial charge in [-0.2, -0.15) is 0 Å². The predicted molar refractivity (Wildman–Crippen MR) is 63.2 cm³/mol. The second-order valence-electron chi connectivity index (χ2n) is 3.38. The number of hydrogen-bond acceptors (Lipinski definition) is 2. The minimum Gasteiger partial charge on any atom is -0.312 e. The highest BCUT2D eigenvalue weighted by molar-refractivity contribution is 9.10. The Morgan fingerprint density at radius 1 is 1.62 bits per heavy atom. The lowest BCUT2D eigenvalue weighted by molar-refractivity contribution is 0.501. The molecule has 1 heterocycles. The molecule has 3 heteroatoms. The molecule has 1 rings (SSSR count). The average molecular weight is 262 g/mol. The summed E-state index contributed by atoms with van der Waals surface area (Å²) in [7, 11) is 0. The highest BCUT2D eigenvalue weighted by atomic mass is 79.9. The van der Waals surface area contributed by atoms with Gasteiger partial charge in [-0.15, -0.1) is 11.3 Å². The highest BCUT2D eigenvalue weighted by Crippen LogP contribution is 2.19. The van der Waals surface area contributed by atoms with E-state index in [1.807, 2.05) is 0 Å². The lowest BCUT2D eigenvalue weighted by atomic mass is 10.1. The maximum atomic E-state index is 3.46. The number of nitrogens with one attached hydrogen (secondary N) is 1. The van der Waals surface area contributed by atoms with E-state index in [2.05, 4.69) is 46.5 Å². The van der Waals surface area contributed by atoms with Gasteiger partial charge in [0.05, 0.1) is 0 Å². The first-order valence-electron chi connectivity index (χ1n) is 4.66. The van der Waals surface area contributed by atoms with Gasteiger partial charge in [-0.3, -0.25) is 0 Å². The van der Waals surface area contributed by atoms with Crippen LogP contribution in [0.25, 0.3) is 0 Å². The van der Waals surface area contributed by atoms with Crippen molar-refractivity contribution >= 4 is 27.3 Å². The van der Waals surface area contributed by atoms with Gasteiger partial charge in [0.1, 0.15) is 0 Å². The largest absolute Gasteiger partial charge is 0.312 e. The number of hydrogen-bond donors (Lipinski definition) is 1. The van der Waals surface area contributed by atoms with Gasteiger partial charge in [-0.1, -0.05) is 20.3 Å². The fourth-order valence-electron chi connectivity index (χ4n) is 1.03. The lowest BCUT2D eigenvalue weighted by Gasteiger charge is -2.08. The van der Waals surface area contributed by atoms with E-state index in [-0.39, 0.29) is 0 Å². The van der Waals surface area contributed by atoms with E-state index >= 15 is 0 Å². The molecule has 0 unspecified atom stereocenters. The molecular weight excluding hydrogens is 246 g/mol. The second kappa shape index (κ2) is 5.78. The Balaban J connectivity index is 2.20. The van der Waals surface area contributed by atoms with Gasteiger partial charge >= 0.3 is 0 Å². The first-order valence-corrected chi connectivity index (χ1v) is 6.33. The van der Waals surface area contributed by atoms with Gasteiger partial charge in [-0.25, -0.2) is 0 Å². The van der Waals surface area contributed by atoms with Crippen molar-refractivity contribution in [2.45, 2.75) is 26.8 Å². The minimum atomic E-state index is 0.781. The first-order chi connectivity index (χ1) is 6.22. The van der Waals surface area contributed by atoms with E-state index in [0.29, 0.717) is 0 Å². The number of thiophene rings is 1. The molecule has 1 atom stereocenters. The molecule has 1 aromatic heterocycles. The van der Waals surface area contributed by atoms with E-state index in [1.165, 1.54) is 15.8 Å². The lowest BCUT2D eigenvalue weighted by Crippen LogP contribution is -2.19. The summed E-state index contributed by atoms with van der Waals surface area (Å²) in [4.78, 5) is 1.40. The molecule has 0 saturated carbocycles. The molecule has 0 bridgehead atoms. The Morgan fingerprint density at radius 3 is 2.92 bits per heavy atom. The fraction of sp³-hybridized carbons (Fsp3) is 0.600. The Hall–Kier alpha value is 0.140. The molecule has 13 heavy (non-hydrogen) atoms. The molecule has 0 spiro atoms. The zero-order chi connectivity index (χ0) is 9.68. The van der Waals surface area contributed by atoms with Crippen molar-refractivity contribution in [2.75, 3.05) is 6.54 Å². The van der Waals surface area contributed by atoms with Crippen LogP contribution in [0.1, 0.15) is 25.1 Å². The van der Waals surface area contributed by atoms with Crippen molar-refractivity contribution in [1.29, 1.82) is 0 Å². The Kier molecular flexibility index (Phi) is 4.99. The van der Waals surface area contributed by atoms with Crippen LogP contribution >= 0.6 is 27.3 Å². The van der Waals surface area contributed by atoms with E-state index < -0.39 is 0 Å². The molecule has 0 radical (unpaired) electrons. The molecule has 1 nitrogen and oxygen atoms in total. The SMILES string of the molecule is CC[C@H](C)CNCc1cc(Br)cs1. The first kappa shape index (κ1) is 11.2. The molecule has 0 aliphatic carbocycles. The quantitative estimate of drug-likeness (QED) is 0.854. The van der Waals surface area contributed by atoms with Gasteiger partial charge in [0.15, 0.2) is 0 Å². The predicted octanol–water partition coefficient (Wildman–Crippen LogP) is 3.65. The topological polar surface area (TPSA) is 12.0 Å². The van der Waals surface area contributed by atoms with Crippen molar-refractivity contribution in [3.05, 3.63) is 20.8 Å². The zero-order valence-electron chi connectivity index (χ0n) is 8.14. The Labute approximate surface area is 92.7 Å². The third-order valence-corrected chi connectivity index (χ3v) is 3.81. The molecule has 0 fully saturated rings. The highest BCUT2D eigenvalue weighted by Gasteiger charge is 1.99. The van der Waals surface area contributed by atoms with Crippen LogP contribution in [0.4, 0.5) is 0 Å². The normalized spacial score (nSPS) is 13.2. The fourth-order valence-corrected chi connectivity index (χ4v) is 2.45. The van der Waals surface area contributed by atoms with Crippen LogP contribution in [0.3, 0.4) is 0 Å². The molecule has 0 amide bonds. The van der Waals surface area contributed by atoms with Gasteiger partial charge in [0, 0.05) is 21.3 Å². The van der Waals surface area contributed by atoms with E-state index in [4.69, 9.17) is 0 Å². The summed E-state index contributed by atoms with van der Waals surface area (Å²) < 4.78 is 1.19. The monoisotopic (exact) mass is 261 g/mol. The number of rotatable bonds is 5. The van der Waals surface area contributed by atoms with Crippen molar-refractivity contribution in [1.82, 2.24) is 5.32 Å². The van der Waals surface area contributed by atoms with E-state index in [0.717, 1.165) is 19.0 Å². The summed E-state index contributed by atoms with van der Waals surface area (Å²) in [6.07, 6.45) is 1.25. The second-order valence-corrected chi connectivity index (χ2v) is 5.29. The minimum absolute atomic E-state index is 0.781. The van der Waals surface area contributed by atoms with Crippen LogP contribution in [0.15, 0.2) is 15.9 Å². The van der Waals surface area contributed by atoms with Crippen LogP contribution in [-0.2, 0) is 6.54 Å². The van der Waals surface area contributed by atoms with E-state index in [1.54, 1.807) is 11.3 Å². The molecule has 0 aromatic carbocycles.